The molecule has 0 aromatic heterocycles. The fraction of sp³-hybridized carbons (Fsp3) is 1.00. The topological polar surface area (TPSA) is 55.5 Å². The van der Waals surface area contributed by atoms with E-state index in [-0.39, 0.29) is 6.10 Å². The van der Waals surface area contributed by atoms with Crippen LogP contribution in [0.3, 0.4) is 0 Å². The zero-order valence-corrected chi connectivity index (χ0v) is 6.34. The van der Waals surface area contributed by atoms with Crippen molar-refractivity contribution in [1.29, 1.82) is 0 Å². The molecule has 0 aliphatic carbocycles. The molecule has 1 fully saturated rings. The molecule has 0 aromatic rings. The Kier molecular flexibility index (Phi) is 2.28. The number of nitrogens with two attached hydrogens (primary N) is 1. The average Bonchev–Trinajstić information content (AvgIpc) is 1.88. The van der Waals surface area contributed by atoms with Crippen LogP contribution in [-0.2, 0) is 4.74 Å². The van der Waals surface area contributed by atoms with Crippen LogP contribution in [-0.4, -0.2) is 30.0 Å². The third-order valence-corrected chi connectivity index (χ3v) is 2.02. The second-order valence-corrected chi connectivity index (χ2v) is 3.06. The maximum Gasteiger partial charge on any atom is 0.0815 e. The van der Waals surface area contributed by atoms with Gasteiger partial charge in [0.2, 0.25) is 0 Å². The molecule has 1 aliphatic heterocycles. The molecule has 60 valence electrons. The molecule has 0 bridgehead atoms. The lowest BCUT2D eigenvalue weighted by atomic mass is 9.91. The van der Waals surface area contributed by atoms with Gasteiger partial charge in [0.1, 0.15) is 0 Å². The third kappa shape index (κ3) is 1.68. The highest BCUT2D eigenvalue weighted by atomic mass is 16.5. The zero-order valence-electron chi connectivity index (χ0n) is 6.34. The number of aliphatic hydroxyl groups is 1. The molecule has 3 N–H and O–H groups in total. The van der Waals surface area contributed by atoms with Gasteiger partial charge in [-0.1, -0.05) is 0 Å². The lowest BCUT2D eigenvalue weighted by molar-refractivity contribution is -0.0913. The number of hydrogen-bond donors (Lipinski definition) is 2. The lowest BCUT2D eigenvalue weighted by Gasteiger charge is -2.34. The van der Waals surface area contributed by atoms with Crippen LogP contribution < -0.4 is 5.73 Å². The summed E-state index contributed by atoms with van der Waals surface area (Å²) in [5, 5.41) is 9.65. The van der Waals surface area contributed by atoms with Gasteiger partial charge in [0, 0.05) is 26.0 Å². The first-order chi connectivity index (χ1) is 4.66. The minimum absolute atomic E-state index is 0.155. The fourth-order valence-electron chi connectivity index (χ4n) is 1.33. The van der Waals surface area contributed by atoms with Gasteiger partial charge in [-0.2, -0.15) is 0 Å². The molecule has 0 amide bonds. The van der Waals surface area contributed by atoms with Gasteiger partial charge in [-0.25, -0.2) is 0 Å². The molecule has 0 saturated carbocycles. The van der Waals surface area contributed by atoms with Crippen molar-refractivity contribution in [3.05, 3.63) is 0 Å². The Labute approximate surface area is 61.2 Å². The first-order valence-corrected chi connectivity index (χ1v) is 3.70. The molecule has 1 rings (SSSR count). The van der Waals surface area contributed by atoms with Crippen LogP contribution in [0.4, 0.5) is 0 Å². The van der Waals surface area contributed by atoms with Crippen molar-refractivity contribution in [1.82, 2.24) is 0 Å². The van der Waals surface area contributed by atoms with Crippen molar-refractivity contribution in [2.45, 2.75) is 31.5 Å². The van der Waals surface area contributed by atoms with Crippen LogP contribution in [0.15, 0.2) is 0 Å². The standard InChI is InChI=1S/C7H15NO2/c1-6-4-7(9,5-8)2-3-10-6/h6,9H,2-5,8H2,1H3. The second kappa shape index (κ2) is 2.86. The largest absolute Gasteiger partial charge is 0.388 e. The van der Waals surface area contributed by atoms with Crippen LogP contribution in [0.2, 0.25) is 0 Å². The smallest absolute Gasteiger partial charge is 0.0815 e. The van der Waals surface area contributed by atoms with E-state index in [1.807, 2.05) is 6.92 Å². The number of hydrogen-bond acceptors (Lipinski definition) is 3. The summed E-state index contributed by atoms with van der Waals surface area (Å²) in [7, 11) is 0. The Morgan fingerprint density at radius 2 is 2.50 bits per heavy atom. The zero-order chi connectivity index (χ0) is 7.61. The van der Waals surface area contributed by atoms with Crippen LogP contribution in [0, 0.1) is 0 Å². The number of ether oxygens (including phenoxy) is 1. The van der Waals surface area contributed by atoms with Gasteiger partial charge < -0.3 is 15.6 Å². The van der Waals surface area contributed by atoms with E-state index >= 15 is 0 Å². The minimum atomic E-state index is -0.655. The molecule has 2 atom stereocenters. The van der Waals surface area contributed by atoms with E-state index in [9.17, 15) is 5.11 Å². The normalized spacial score (nSPS) is 41.7. The first-order valence-electron chi connectivity index (χ1n) is 3.70. The summed E-state index contributed by atoms with van der Waals surface area (Å²) in [6.07, 6.45) is 1.50. The van der Waals surface area contributed by atoms with E-state index in [4.69, 9.17) is 10.5 Å². The maximum atomic E-state index is 9.65. The van der Waals surface area contributed by atoms with E-state index in [1.54, 1.807) is 0 Å². The molecule has 3 heteroatoms. The van der Waals surface area contributed by atoms with Crippen molar-refractivity contribution in [3.8, 4) is 0 Å². The van der Waals surface area contributed by atoms with Crippen molar-refractivity contribution >= 4 is 0 Å². The highest BCUT2D eigenvalue weighted by molar-refractivity contribution is 4.84. The Bertz CT molecular complexity index is 118. The Morgan fingerprint density at radius 1 is 1.80 bits per heavy atom. The van der Waals surface area contributed by atoms with Crippen molar-refractivity contribution < 1.29 is 9.84 Å². The molecule has 0 aromatic carbocycles. The fourth-order valence-corrected chi connectivity index (χ4v) is 1.33. The molecular weight excluding hydrogens is 130 g/mol. The van der Waals surface area contributed by atoms with E-state index in [0.717, 1.165) is 0 Å². The Hall–Kier alpha value is -0.120. The van der Waals surface area contributed by atoms with E-state index < -0.39 is 5.60 Å². The molecular formula is C7H15NO2. The lowest BCUT2D eigenvalue weighted by Crippen LogP contribution is -2.45. The van der Waals surface area contributed by atoms with Gasteiger partial charge in [0.25, 0.3) is 0 Å². The molecule has 1 saturated heterocycles. The molecule has 10 heavy (non-hydrogen) atoms. The first kappa shape index (κ1) is 7.98. The van der Waals surface area contributed by atoms with Crippen molar-refractivity contribution in [2.75, 3.05) is 13.2 Å². The van der Waals surface area contributed by atoms with E-state index in [2.05, 4.69) is 0 Å². The summed E-state index contributed by atoms with van der Waals surface area (Å²) < 4.78 is 5.26. The molecule has 3 nitrogen and oxygen atoms in total. The molecule has 1 heterocycles. The Balaban J connectivity index is 2.45. The van der Waals surface area contributed by atoms with Crippen LogP contribution in [0.25, 0.3) is 0 Å². The SMILES string of the molecule is CC1CC(O)(CN)CCO1. The van der Waals surface area contributed by atoms with Crippen LogP contribution in [0.1, 0.15) is 19.8 Å². The van der Waals surface area contributed by atoms with E-state index in [0.29, 0.717) is 26.0 Å². The summed E-state index contributed by atoms with van der Waals surface area (Å²) in [6, 6.07) is 0. The summed E-state index contributed by atoms with van der Waals surface area (Å²) in [4.78, 5) is 0. The Morgan fingerprint density at radius 3 is 2.90 bits per heavy atom. The predicted molar refractivity (Wildman–Crippen MR) is 38.7 cm³/mol. The quantitative estimate of drug-likeness (QED) is 0.540. The van der Waals surface area contributed by atoms with Crippen molar-refractivity contribution in [3.63, 3.8) is 0 Å². The third-order valence-electron chi connectivity index (χ3n) is 2.02. The summed E-state index contributed by atoms with van der Waals surface area (Å²) in [5.41, 5.74) is 4.74. The van der Waals surface area contributed by atoms with Crippen LogP contribution in [0.5, 0.6) is 0 Å². The molecule has 0 radical (unpaired) electrons. The molecule has 1 aliphatic rings. The van der Waals surface area contributed by atoms with Gasteiger partial charge in [-0.3, -0.25) is 0 Å². The van der Waals surface area contributed by atoms with Gasteiger partial charge in [-0.15, -0.1) is 0 Å². The minimum Gasteiger partial charge on any atom is -0.388 e. The van der Waals surface area contributed by atoms with Crippen molar-refractivity contribution in [2.24, 2.45) is 5.73 Å². The highest BCUT2D eigenvalue weighted by Gasteiger charge is 2.31. The predicted octanol–water partition coefficient (Wildman–Crippen LogP) is -0.125. The summed E-state index contributed by atoms with van der Waals surface area (Å²) in [6.45, 7) is 2.94. The number of rotatable bonds is 1. The maximum absolute atomic E-state index is 9.65. The monoisotopic (exact) mass is 145 g/mol. The second-order valence-electron chi connectivity index (χ2n) is 3.06. The van der Waals surface area contributed by atoms with E-state index in [1.165, 1.54) is 0 Å². The van der Waals surface area contributed by atoms with Crippen LogP contribution >= 0.6 is 0 Å². The van der Waals surface area contributed by atoms with Gasteiger partial charge >= 0.3 is 0 Å². The van der Waals surface area contributed by atoms with Gasteiger partial charge in [-0.05, 0) is 6.92 Å². The highest BCUT2D eigenvalue weighted by Crippen LogP contribution is 2.22. The summed E-state index contributed by atoms with van der Waals surface area (Å²) in [5.74, 6) is 0. The molecule has 0 spiro atoms. The van der Waals surface area contributed by atoms with Gasteiger partial charge in [0.05, 0.1) is 11.7 Å². The average molecular weight is 145 g/mol. The molecule has 2 unspecified atom stereocenters. The van der Waals surface area contributed by atoms with Gasteiger partial charge in [0.15, 0.2) is 0 Å². The summed E-state index contributed by atoms with van der Waals surface area (Å²) >= 11 is 0.